The van der Waals surface area contributed by atoms with Gasteiger partial charge in [-0.05, 0) is 19.8 Å². The summed E-state index contributed by atoms with van der Waals surface area (Å²) >= 11 is 0. The number of rotatable bonds is 2. The van der Waals surface area contributed by atoms with Crippen molar-refractivity contribution in [1.82, 2.24) is 4.90 Å². The van der Waals surface area contributed by atoms with Crippen molar-refractivity contribution < 1.29 is 19.4 Å². The second-order valence-electron chi connectivity index (χ2n) is 4.26. The molecule has 84 valence electrons. The summed E-state index contributed by atoms with van der Waals surface area (Å²) in [4.78, 5) is 24.1. The molecule has 2 bridgehead atoms. The highest BCUT2D eigenvalue weighted by Crippen LogP contribution is 2.26. The highest BCUT2D eigenvalue weighted by Gasteiger charge is 2.38. The molecule has 0 spiro atoms. The highest BCUT2D eigenvalue weighted by molar-refractivity contribution is 5.96. The minimum absolute atomic E-state index is 0.119. The molecule has 0 aromatic carbocycles. The number of aliphatic carboxylic acids is 1. The number of carboxylic acids is 1. The van der Waals surface area contributed by atoms with Crippen molar-refractivity contribution in [3.05, 3.63) is 0 Å². The van der Waals surface area contributed by atoms with Crippen molar-refractivity contribution in [2.45, 2.75) is 32.0 Å². The summed E-state index contributed by atoms with van der Waals surface area (Å²) in [6, 6.07) is 0. The molecule has 0 aromatic rings. The fourth-order valence-corrected chi connectivity index (χ4v) is 2.17. The SMILES string of the molecule is CC(C(=O)O)C(=O)N1CC2CCC(C1)O2. The molecular weight excluding hydrogens is 198 g/mol. The van der Waals surface area contributed by atoms with Gasteiger partial charge in [-0.3, -0.25) is 9.59 Å². The average molecular weight is 213 g/mol. The normalized spacial score (nSPS) is 31.4. The number of fused-ring (bicyclic) bond motifs is 2. The van der Waals surface area contributed by atoms with Crippen molar-refractivity contribution in [1.29, 1.82) is 0 Å². The molecule has 2 aliphatic rings. The van der Waals surface area contributed by atoms with Gasteiger partial charge in [0, 0.05) is 13.1 Å². The van der Waals surface area contributed by atoms with Crippen molar-refractivity contribution >= 4 is 11.9 Å². The Balaban J connectivity index is 1.99. The fraction of sp³-hybridized carbons (Fsp3) is 0.800. The molecule has 2 aliphatic heterocycles. The van der Waals surface area contributed by atoms with E-state index in [1.54, 1.807) is 4.90 Å². The number of morpholine rings is 1. The molecule has 5 heteroatoms. The number of carbonyl (C=O) groups is 2. The number of nitrogens with zero attached hydrogens (tertiary/aromatic N) is 1. The Bertz CT molecular complexity index is 279. The van der Waals surface area contributed by atoms with Crippen molar-refractivity contribution in [3.63, 3.8) is 0 Å². The zero-order valence-electron chi connectivity index (χ0n) is 8.68. The fourth-order valence-electron chi connectivity index (χ4n) is 2.17. The summed E-state index contributed by atoms with van der Waals surface area (Å²) in [5, 5.41) is 8.75. The van der Waals surface area contributed by atoms with Crippen molar-refractivity contribution in [2.75, 3.05) is 13.1 Å². The monoisotopic (exact) mass is 213 g/mol. The standard InChI is InChI=1S/C10H15NO4/c1-6(10(13)14)9(12)11-4-7-2-3-8(5-11)15-7/h6-8H,2-5H2,1H3,(H,13,14). The Kier molecular flexibility index (Phi) is 2.65. The van der Waals surface area contributed by atoms with Gasteiger partial charge in [0.25, 0.3) is 0 Å². The van der Waals surface area contributed by atoms with E-state index in [1.807, 2.05) is 0 Å². The summed E-state index contributed by atoms with van der Waals surface area (Å²) in [6.45, 7) is 2.53. The quantitative estimate of drug-likeness (QED) is 0.660. The number of likely N-dealkylation sites (tertiary alicyclic amines) is 1. The molecule has 0 aromatic heterocycles. The van der Waals surface area contributed by atoms with Crippen LogP contribution in [0.3, 0.4) is 0 Å². The maximum absolute atomic E-state index is 11.7. The van der Waals surface area contributed by atoms with Crippen molar-refractivity contribution in [3.8, 4) is 0 Å². The van der Waals surface area contributed by atoms with E-state index in [9.17, 15) is 9.59 Å². The minimum atomic E-state index is -1.06. The first-order valence-electron chi connectivity index (χ1n) is 5.25. The number of ether oxygens (including phenoxy) is 1. The van der Waals surface area contributed by atoms with Gasteiger partial charge in [0.05, 0.1) is 12.2 Å². The molecule has 1 amide bonds. The Hall–Kier alpha value is -1.10. The smallest absolute Gasteiger partial charge is 0.315 e. The lowest BCUT2D eigenvalue weighted by Crippen LogP contribution is -2.48. The molecule has 0 saturated carbocycles. The Morgan fingerprint density at radius 2 is 1.87 bits per heavy atom. The summed E-state index contributed by atoms with van der Waals surface area (Å²) in [7, 11) is 0. The van der Waals surface area contributed by atoms with Crippen LogP contribution in [0.2, 0.25) is 0 Å². The molecule has 15 heavy (non-hydrogen) atoms. The molecular formula is C10H15NO4. The molecule has 2 rings (SSSR count). The maximum atomic E-state index is 11.7. The van der Waals surface area contributed by atoms with Gasteiger partial charge in [0.1, 0.15) is 5.92 Å². The number of hydrogen-bond acceptors (Lipinski definition) is 3. The molecule has 3 atom stereocenters. The number of hydrogen-bond donors (Lipinski definition) is 1. The van der Waals surface area contributed by atoms with E-state index < -0.39 is 11.9 Å². The van der Waals surface area contributed by atoms with Gasteiger partial charge in [-0.25, -0.2) is 0 Å². The molecule has 0 aliphatic carbocycles. The lowest BCUT2D eigenvalue weighted by molar-refractivity contribution is -0.154. The molecule has 5 nitrogen and oxygen atoms in total. The van der Waals surface area contributed by atoms with Gasteiger partial charge in [0.15, 0.2) is 0 Å². The number of carboxylic acid groups (broad SMARTS) is 1. The number of carbonyl (C=O) groups excluding carboxylic acids is 1. The zero-order chi connectivity index (χ0) is 11.0. The molecule has 2 fully saturated rings. The highest BCUT2D eigenvalue weighted by atomic mass is 16.5. The second-order valence-corrected chi connectivity index (χ2v) is 4.26. The maximum Gasteiger partial charge on any atom is 0.315 e. The van der Waals surface area contributed by atoms with Gasteiger partial charge in [-0.2, -0.15) is 0 Å². The summed E-state index contributed by atoms with van der Waals surface area (Å²) in [5.74, 6) is -2.29. The Morgan fingerprint density at radius 1 is 1.33 bits per heavy atom. The van der Waals surface area contributed by atoms with Crippen LogP contribution in [0.1, 0.15) is 19.8 Å². The second kappa shape index (κ2) is 3.81. The van der Waals surface area contributed by atoms with Crippen LogP contribution < -0.4 is 0 Å². The van der Waals surface area contributed by atoms with Gasteiger partial charge >= 0.3 is 5.97 Å². The van der Waals surface area contributed by atoms with E-state index in [1.165, 1.54) is 6.92 Å². The number of amides is 1. The molecule has 1 N–H and O–H groups in total. The first-order valence-corrected chi connectivity index (χ1v) is 5.25. The third-order valence-corrected chi connectivity index (χ3v) is 3.10. The largest absolute Gasteiger partial charge is 0.481 e. The summed E-state index contributed by atoms with van der Waals surface area (Å²) in [6.07, 6.45) is 2.20. The molecule has 0 radical (unpaired) electrons. The average Bonchev–Trinajstić information content (AvgIpc) is 2.55. The Morgan fingerprint density at radius 3 is 2.33 bits per heavy atom. The van der Waals surface area contributed by atoms with Crippen LogP contribution >= 0.6 is 0 Å². The zero-order valence-corrected chi connectivity index (χ0v) is 8.68. The topological polar surface area (TPSA) is 66.8 Å². The first kappa shape index (κ1) is 10.4. The van der Waals surface area contributed by atoms with Crippen LogP contribution in [-0.4, -0.2) is 47.2 Å². The van der Waals surface area contributed by atoms with Gasteiger partial charge < -0.3 is 14.7 Å². The van der Waals surface area contributed by atoms with Crippen LogP contribution in [0, 0.1) is 5.92 Å². The molecule has 2 saturated heterocycles. The first-order chi connectivity index (χ1) is 7.08. The lowest BCUT2D eigenvalue weighted by Gasteiger charge is -2.33. The summed E-state index contributed by atoms with van der Waals surface area (Å²) < 4.78 is 5.58. The van der Waals surface area contributed by atoms with E-state index in [0.29, 0.717) is 13.1 Å². The third kappa shape index (κ3) is 1.97. The van der Waals surface area contributed by atoms with Crippen molar-refractivity contribution in [2.24, 2.45) is 5.92 Å². The van der Waals surface area contributed by atoms with E-state index >= 15 is 0 Å². The lowest BCUT2D eigenvalue weighted by atomic mass is 10.1. The van der Waals surface area contributed by atoms with Crippen LogP contribution in [0.15, 0.2) is 0 Å². The van der Waals surface area contributed by atoms with Crippen LogP contribution in [0.4, 0.5) is 0 Å². The predicted molar refractivity (Wildman–Crippen MR) is 51.3 cm³/mol. The van der Waals surface area contributed by atoms with E-state index in [0.717, 1.165) is 12.8 Å². The van der Waals surface area contributed by atoms with E-state index in [2.05, 4.69) is 0 Å². The van der Waals surface area contributed by atoms with E-state index in [-0.39, 0.29) is 18.1 Å². The third-order valence-electron chi connectivity index (χ3n) is 3.10. The van der Waals surface area contributed by atoms with Gasteiger partial charge in [-0.1, -0.05) is 0 Å². The van der Waals surface area contributed by atoms with Crippen LogP contribution in [-0.2, 0) is 14.3 Å². The van der Waals surface area contributed by atoms with Gasteiger partial charge in [0.2, 0.25) is 5.91 Å². The Labute approximate surface area is 88.0 Å². The van der Waals surface area contributed by atoms with E-state index in [4.69, 9.17) is 9.84 Å². The predicted octanol–water partition coefficient (Wildman–Crippen LogP) is 0.0969. The van der Waals surface area contributed by atoms with Crippen LogP contribution in [0.5, 0.6) is 0 Å². The molecule has 3 unspecified atom stereocenters. The minimum Gasteiger partial charge on any atom is -0.481 e. The summed E-state index contributed by atoms with van der Waals surface area (Å²) in [5.41, 5.74) is 0. The van der Waals surface area contributed by atoms with Gasteiger partial charge in [-0.15, -0.1) is 0 Å². The molecule has 2 heterocycles. The van der Waals surface area contributed by atoms with Crippen LogP contribution in [0.25, 0.3) is 0 Å².